The Bertz CT molecular complexity index is 1220. The number of alkyl halides is 4. The van der Waals surface area contributed by atoms with Crippen LogP contribution in [0.4, 0.5) is 22.0 Å². The molecule has 38 heavy (non-hydrogen) atoms. The first-order valence-electron chi connectivity index (χ1n) is 12.0. The maximum atomic E-state index is 14.7. The van der Waals surface area contributed by atoms with Crippen LogP contribution in [-0.4, -0.2) is 46.6 Å². The molecule has 1 aromatic heterocycles. The summed E-state index contributed by atoms with van der Waals surface area (Å²) in [6, 6.07) is 9.57. The van der Waals surface area contributed by atoms with Crippen molar-refractivity contribution in [2.75, 3.05) is 6.54 Å². The number of allylic oxidation sites excluding steroid dienone is 1. The van der Waals surface area contributed by atoms with Crippen LogP contribution in [0.3, 0.4) is 0 Å². The third kappa shape index (κ3) is 5.87. The summed E-state index contributed by atoms with van der Waals surface area (Å²) in [5, 5.41) is 2.74. The van der Waals surface area contributed by atoms with Gasteiger partial charge in [-0.15, -0.1) is 0 Å². The third-order valence-corrected chi connectivity index (χ3v) is 6.42. The van der Waals surface area contributed by atoms with E-state index in [0.29, 0.717) is 11.1 Å². The van der Waals surface area contributed by atoms with E-state index in [1.54, 1.807) is 42.5 Å². The van der Waals surface area contributed by atoms with Crippen LogP contribution in [0.5, 0.6) is 0 Å². The van der Waals surface area contributed by atoms with E-state index in [0.717, 1.165) is 4.90 Å². The average molecular weight is 539 g/mol. The highest BCUT2D eigenvalue weighted by Crippen LogP contribution is 2.30. The summed E-state index contributed by atoms with van der Waals surface area (Å²) < 4.78 is 68.7. The normalized spacial score (nSPS) is 20.4. The lowest BCUT2D eigenvalue weighted by atomic mass is 9.99. The lowest BCUT2D eigenvalue weighted by Crippen LogP contribution is -2.47. The number of pyridine rings is 1. The highest BCUT2D eigenvalue weighted by Gasteiger charge is 2.43. The third-order valence-electron chi connectivity index (χ3n) is 6.42. The molecule has 4 rings (SSSR count). The summed E-state index contributed by atoms with van der Waals surface area (Å²) in [5.41, 5.74) is 5.74. The minimum atomic E-state index is -4.76. The van der Waals surface area contributed by atoms with Crippen molar-refractivity contribution < 1.29 is 31.5 Å². The second kappa shape index (κ2) is 10.9. The van der Waals surface area contributed by atoms with E-state index < -0.39 is 66.6 Å². The van der Waals surface area contributed by atoms with Gasteiger partial charge in [0.1, 0.15) is 12.2 Å². The number of amides is 2. The Balaban J connectivity index is 1.58. The van der Waals surface area contributed by atoms with Crippen molar-refractivity contribution in [2.45, 2.75) is 57.0 Å². The number of nitrogens with zero attached hydrogens (tertiary/aromatic N) is 2. The Labute approximate surface area is 215 Å². The predicted molar refractivity (Wildman–Crippen MR) is 127 cm³/mol. The Hall–Kier alpha value is -3.74. The molecule has 8 nitrogen and oxygen atoms in total. The van der Waals surface area contributed by atoms with Gasteiger partial charge in [0.2, 0.25) is 17.8 Å². The van der Waals surface area contributed by atoms with Crippen LogP contribution in [0.1, 0.15) is 55.5 Å². The molecule has 1 aromatic carbocycles. The molecule has 0 aliphatic carbocycles. The first kappa shape index (κ1) is 27.3. The zero-order chi connectivity index (χ0) is 27.6. The standard InChI is InChI=1S/C25H27F5N6O2/c1-13(2)16-8-9-17(31-23(16)27)21(14-6-4-3-5-7-14)32-24(38)19-10-15(26)12-36(19)20(37)11-18-22(25(28,29)30)34-35-33-18/h3-9,13,15,19,21,33-35H,10-12H2,1-2H3,(H,32,38)/t15-,19+,21+/m1/s1. The molecule has 2 amide bonds. The van der Waals surface area contributed by atoms with Crippen molar-refractivity contribution in [1.82, 2.24) is 31.6 Å². The SMILES string of the molecule is CC(C)c1ccc([C@@H](NC(=O)[C@@H]2C[C@@H](F)CN2C(=O)CC2=C(C(F)(F)F)NNN2)c2ccccc2)nc1F. The molecular weight excluding hydrogens is 511 g/mol. The van der Waals surface area contributed by atoms with Crippen molar-refractivity contribution in [1.29, 1.82) is 0 Å². The second-order valence-electron chi connectivity index (χ2n) is 9.42. The van der Waals surface area contributed by atoms with Gasteiger partial charge in [-0.1, -0.05) is 50.2 Å². The molecule has 0 saturated carbocycles. The van der Waals surface area contributed by atoms with Gasteiger partial charge in [0.25, 0.3) is 0 Å². The summed E-state index contributed by atoms with van der Waals surface area (Å²) in [7, 11) is 0. The number of hydrogen-bond donors (Lipinski definition) is 4. The zero-order valence-corrected chi connectivity index (χ0v) is 20.6. The minimum absolute atomic E-state index is 0.117. The van der Waals surface area contributed by atoms with Gasteiger partial charge in [0.15, 0.2) is 5.70 Å². The number of carbonyl (C=O) groups excluding carboxylic acids is 2. The molecule has 0 bridgehead atoms. The number of rotatable bonds is 7. The highest BCUT2D eigenvalue weighted by molar-refractivity contribution is 5.89. The molecule has 2 aliphatic rings. The quantitative estimate of drug-likeness (QED) is 0.319. The van der Waals surface area contributed by atoms with E-state index in [1.807, 2.05) is 19.3 Å². The zero-order valence-electron chi connectivity index (χ0n) is 20.6. The number of carbonyl (C=O) groups is 2. The maximum absolute atomic E-state index is 14.7. The molecule has 2 aromatic rings. The highest BCUT2D eigenvalue weighted by atomic mass is 19.4. The van der Waals surface area contributed by atoms with Crippen LogP contribution in [0.25, 0.3) is 0 Å². The van der Waals surface area contributed by atoms with Crippen LogP contribution < -0.4 is 21.7 Å². The average Bonchev–Trinajstić information content (AvgIpc) is 3.49. The molecule has 1 saturated heterocycles. The van der Waals surface area contributed by atoms with Crippen LogP contribution in [0, 0.1) is 5.95 Å². The van der Waals surface area contributed by atoms with Gasteiger partial charge in [0, 0.05) is 12.0 Å². The molecule has 13 heteroatoms. The molecule has 3 heterocycles. The molecule has 3 atom stereocenters. The van der Waals surface area contributed by atoms with Crippen LogP contribution in [-0.2, 0) is 9.59 Å². The number of hydrogen-bond acceptors (Lipinski definition) is 6. The summed E-state index contributed by atoms with van der Waals surface area (Å²) in [4.78, 5) is 31.3. The summed E-state index contributed by atoms with van der Waals surface area (Å²) >= 11 is 0. The number of halogens is 5. The van der Waals surface area contributed by atoms with Gasteiger partial charge >= 0.3 is 6.18 Å². The fraction of sp³-hybridized carbons (Fsp3) is 0.400. The summed E-state index contributed by atoms with van der Waals surface area (Å²) in [6.07, 6.45) is -7.37. The summed E-state index contributed by atoms with van der Waals surface area (Å²) in [6.45, 7) is 3.19. The second-order valence-corrected chi connectivity index (χ2v) is 9.42. The number of hydrazine groups is 2. The van der Waals surface area contributed by atoms with Crippen molar-refractivity contribution in [2.24, 2.45) is 0 Å². The molecule has 0 unspecified atom stereocenters. The van der Waals surface area contributed by atoms with Gasteiger partial charge < -0.3 is 15.6 Å². The van der Waals surface area contributed by atoms with E-state index in [9.17, 15) is 31.5 Å². The predicted octanol–water partition coefficient (Wildman–Crippen LogP) is 3.27. The fourth-order valence-corrected chi connectivity index (χ4v) is 4.51. The molecule has 4 N–H and O–H groups in total. The molecule has 2 aliphatic heterocycles. The largest absolute Gasteiger partial charge is 0.434 e. The Morgan fingerprint density at radius 1 is 1.13 bits per heavy atom. The van der Waals surface area contributed by atoms with E-state index in [1.165, 1.54) is 0 Å². The van der Waals surface area contributed by atoms with Gasteiger partial charge in [-0.25, -0.2) is 9.37 Å². The Kier molecular flexibility index (Phi) is 7.86. The molecule has 0 radical (unpaired) electrons. The van der Waals surface area contributed by atoms with E-state index in [2.05, 4.69) is 21.3 Å². The van der Waals surface area contributed by atoms with Gasteiger partial charge in [-0.2, -0.15) is 23.1 Å². The van der Waals surface area contributed by atoms with Crippen LogP contribution in [0.15, 0.2) is 53.9 Å². The number of aromatic nitrogens is 1. The van der Waals surface area contributed by atoms with Crippen molar-refractivity contribution >= 4 is 11.8 Å². The number of nitrogens with one attached hydrogen (secondary N) is 4. The van der Waals surface area contributed by atoms with Crippen molar-refractivity contribution in [3.8, 4) is 0 Å². The van der Waals surface area contributed by atoms with E-state index >= 15 is 0 Å². The van der Waals surface area contributed by atoms with Crippen LogP contribution >= 0.6 is 0 Å². The molecular formula is C25H27F5N6O2. The lowest BCUT2D eigenvalue weighted by Gasteiger charge is -2.27. The summed E-state index contributed by atoms with van der Waals surface area (Å²) in [5.74, 6) is -2.40. The van der Waals surface area contributed by atoms with Gasteiger partial charge in [-0.05, 0) is 17.5 Å². The van der Waals surface area contributed by atoms with Crippen molar-refractivity contribution in [3.63, 3.8) is 0 Å². The first-order valence-corrected chi connectivity index (χ1v) is 12.0. The smallest absolute Gasteiger partial charge is 0.342 e. The maximum Gasteiger partial charge on any atom is 0.434 e. The minimum Gasteiger partial charge on any atom is -0.342 e. The molecule has 204 valence electrons. The van der Waals surface area contributed by atoms with Gasteiger partial charge in [0.05, 0.1) is 30.4 Å². The molecule has 0 spiro atoms. The number of likely N-dealkylation sites (tertiary alicyclic amines) is 1. The monoisotopic (exact) mass is 538 g/mol. The first-order chi connectivity index (χ1) is 18.0. The Morgan fingerprint density at radius 2 is 1.84 bits per heavy atom. The van der Waals surface area contributed by atoms with Gasteiger partial charge in [-0.3, -0.25) is 15.0 Å². The number of benzene rings is 1. The van der Waals surface area contributed by atoms with E-state index in [-0.39, 0.29) is 18.0 Å². The fourth-order valence-electron chi connectivity index (χ4n) is 4.51. The lowest BCUT2D eigenvalue weighted by molar-refractivity contribution is -0.138. The van der Waals surface area contributed by atoms with Crippen molar-refractivity contribution in [3.05, 3.63) is 76.6 Å². The van der Waals surface area contributed by atoms with Crippen LogP contribution in [0.2, 0.25) is 0 Å². The topological polar surface area (TPSA) is 98.4 Å². The Morgan fingerprint density at radius 3 is 2.47 bits per heavy atom. The molecule has 1 fully saturated rings. The van der Waals surface area contributed by atoms with E-state index in [4.69, 9.17) is 0 Å².